The molecule has 1 amide bonds. The largest absolute Gasteiger partial charge is 0.493 e. The summed E-state index contributed by atoms with van der Waals surface area (Å²) >= 11 is 0. The van der Waals surface area contributed by atoms with Crippen LogP contribution in [0.4, 0.5) is 0 Å². The lowest BCUT2D eigenvalue weighted by molar-refractivity contribution is 0.0931. The lowest BCUT2D eigenvalue weighted by Gasteiger charge is -2.17. The minimum atomic E-state index is -3.64. The van der Waals surface area contributed by atoms with Crippen molar-refractivity contribution in [3.8, 4) is 11.5 Å². The molecule has 0 spiro atoms. The summed E-state index contributed by atoms with van der Waals surface area (Å²) in [6.07, 6.45) is 4.80. The number of benzene rings is 1. The Labute approximate surface area is 187 Å². The van der Waals surface area contributed by atoms with E-state index < -0.39 is 15.9 Å². The van der Waals surface area contributed by atoms with Crippen molar-refractivity contribution in [1.29, 1.82) is 0 Å². The minimum absolute atomic E-state index is 0.0256. The minimum Gasteiger partial charge on any atom is -0.493 e. The van der Waals surface area contributed by atoms with Gasteiger partial charge in [-0.1, -0.05) is 6.07 Å². The molecular formula is C22H26N4O5S. The fourth-order valence-electron chi connectivity index (χ4n) is 3.09. The summed E-state index contributed by atoms with van der Waals surface area (Å²) < 4.78 is 39.0. The average molecular weight is 459 g/mol. The van der Waals surface area contributed by atoms with Crippen LogP contribution in [0.5, 0.6) is 11.5 Å². The number of nitrogens with zero attached hydrogens (tertiary/aromatic N) is 2. The van der Waals surface area contributed by atoms with Crippen LogP contribution < -0.4 is 19.5 Å². The van der Waals surface area contributed by atoms with E-state index in [1.165, 1.54) is 23.9 Å². The molecule has 2 heterocycles. The zero-order valence-electron chi connectivity index (χ0n) is 18.3. The Bertz CT molecular complexity index is 1190. The maximum Gasteiger partial charge on any atom is 0.268 e. The highest BCUT2D eigenvalue weighted by molar-refractivity contribution is 7.89. The summed E-state index contributed by atoms with van der Waals surface area (Å²) in [7, 11) is 0.851. The van der Waals surface area contributed by atoms with Crippen molar-refractivity contribution < 1.29 is 22.7 Å². The summed E-state index contributed by atoms with van der Waals surface area (Å²) in [6.45, 7) is 2.20. The number of hydrogen-bond donors (Lipinski definition) is 2. The van der Waals surface area contributed by atoms with Gasteiger partial charge >= 0.3 is 0 Å². The topological polar surface area (TPSA) is 112 Å². The van der Waals surface area contributed by atoms with Gasteiger partial charge in [0.15, 0.2) is 11.5 Å². The highest BCUT2D eigenvalue weighted by atomic mass is 32.2. The Hall–Kier alpha value is -3.37. The van der Waals surface area contributed by atoms with Crippen molar-refractivity contribution in [1.82, 2.24) is 19.6 Å². The van der Waals surface area contributed by atoms with Crippen LogP contribution in [0.15, 0.2) is 59.9 Å². The first kappa shape index (κ1) is 23.3. The van der Waals surface area contributed by atoms with Gasteiger partial charge in [0.25, 0.3) is 5.91 Å². The van der Waals surface area contributed by atoms with E-state index in [1.54, 1.807) is 38.7 Å². The molecule has 3 aromatic rings. The smallest absolute Gasteiger partial charge is 0.268 e. The molecule has 3 rings (SSSR count). The van der Waals surface area contributed by atoms with Gasteiger partial charge in [-0.25, -0.2) is 13.1 Å². The lowest BCUT2D eigenvalue weighted by Crippen LogP contribution is -2.28. The van der Waals surface area contributed by atoms with Crippen LogP contribution in [0.3, 0.4) is 0 Å². The molecule has 10 heteroatoms. The summed E-state index contributed by atoms with van der Waals surface area (Å²) in [4.78, 5) is 16.8. The van der Waals surface area contributed by atoms with E-state index >= 15 is 0 Å². The lowest BCUT2D eigenvalue weighted by atomic mass is 10.1. The van der Waals surface area contributed by atoms with E-state index in [2.05, 4.69) is 15.0 Å². The van der Waals surface area contributed by atoms with Crippen molar-refractivity contribution in [2.45, 2.75) is 24.5 Å². The number of ether oxygens (including phenoxy) is 2. The molecule has 9 nitrogen and oxygen atoms in total. The van der Waals surface area contributed by atoms with E-state index in [9.17, 15) is 13.2 Å². The Balaban J connectivity index is 1.72. The standard InChI is InChI=1S/C22H26N4O5S/c1-15(25-22(27)19-12-18(13-26(19)3)32(28,29)23-2)17-5-6-20(21(11-17)30-4)31-14-16-7-9-24-10-8-16/h5-13,15,23H,14H2,1-4H3,(H,25,27). The molecule has 1 unspecified atom stereocenters. The van der Waals surface area contributed by atoms with Gasteiger partial charge in [0.05, 0.1) is 13.2 Å². The Morgan fingerprint density at radius 2 is 1.88 bits per heavy atom. The van der Waals surface area contributed by atoms with Gasteiger partial charge in [-0.15, -0.1) is 0 Å². The molecule has 1 aromatic carbocycles. The second-order valence-electron chi connectivity index (χ2n) is 7.13. The summed E-state index contributed by atoms with van der Waals surface area (Å²) in [6, 6.07) is 10.2. The van der Waals surface area contributed by atoms with E-state index in [0.29, 0.717) is 18.1 Å². The van der Waals surface area contributed by atoms with Crippen LogP contribution in [0.1, 0.15) is 34.6 Å². The summed E-state index contributed by atoms with van der Waals surface area (Å²) in [5, 5.41) is 2.89. The first-order chi connectivity index (χ1) is 15.2. The third-order valence-corrected chi connectivity index (χ3v) is 6.35. The summed E-state index contributed by atoms with van der Waals surface area (Å²) in [5.41, 5.74) is 2.02. The van der Waals surface area contributed by atoms with E-state index in [1.807, 2.05) is 25.1 Å². The Morgan fingerprint density at radius 3 is 2.53 bits per heavy atom. The fourth-order valence-corrected chi connectivity index (χ4v) is 3.89. The maximum absolute atomic E-state index is 12.8. The average Bonchev–Trinajstić information content (AvgIpc) is 3.20. The Kier molecular flexibility index (Phi) is 7.16. The first-order valence-corrected chi connectivity index (χ1v) is 11.3. The Morgan fingerprint density at radius 1 is 1.16 bits per heavy atom. The number of carbonyl (C=O) groups excluding carboxylic acids is 1. The molecule has 0 bridgehead atoms. The number of sulfonamides is 1. The van der Waals surface area contributed by atoms with E-state index in [4.69, 9.17) is 9.47 Å². The van der Waals surface area contributed by atoms with Gasteiger partial charge in [-0.05, 0) is 55.4 Å². The van der Waals surface area contributed by atoms with Gasteiger partial charge in [0.2, 0.25) is 10.0 Å². The molecule has 0 aliphatic rings. The number of pyridine rings is 1. The van der Waals surface area contributed by atoms with Crippen LogP contribution >= 0.6 is 0 Å². The molecule has 0 aliphatic heterocycles. The molecular weight excluding hydrogens is 432 g/mol. The van der Waals surface area contributed by atoms with Gasteiger partial charge in [0, 0.05) is 25.6 Å². The molecule has 170 valence electrons. The van der Waals surface area contributed by atoms with Gasteiger partial charge < -0.3 is 19.4 Å². The third-order valence-electron chi connectivity index (χ3n) is 4.97. The number of hydrogen-bond acceptors (Lipinski definition) is 6. The number of rotatable bonds is 9. The van der Waals surface area contributed by atoms with Crippen LogP contribution in [-0.4, -0.2) is 38.0 Å². The van der Waals surface area contributed by atoms with Crippen molar-refractivity contribution in [3.63, 3.8) is 0 Å². The molecule has 2 N–H and O–H groups in total. The number of amides is 1. The van der Waals surface area contributed by atoms with Crippen molar-refractivity contribution in [3.05, 3.63) is 71.8 Å². The molecule has 0 aliphatic carbocycles. The normalized spacial score (nSPS) is 12.2. The molecule has 0 saturated heterocycles. The summed E-state index contributed by atoms with van der Waals surface area (Å²) in [5.74, 6) is 0.726. The molecule has 0 saturated carbocycles. The first-order valence-electron chi connectivity index (χ1n) is 9.85. The van der Waals surface area contributed by atoms with Crippen LogP contribution in [-0.2, 0) is 23.7 Å². The molecule has 0 radical (unpaired) electrons. The zero-order valence-corrected chi connectivity index (χ0v) is 19.1. The van der Waals surface area contributed by atoms with Crippen LogP contribution in [0.2, 0.25) is 0 Å². The zero-order chi connectivity index (χ0) is 23.3. The molecule has 0 fully saturated rings. The van der Waals surface area contributed by atoms with Crippen LogP contribution in [0.25, 0.3) is 0 Å². The number of methoxy groups -OCH3 is 1. The fraction of sp³-hybridized carbons (Fsp3) is 0.273. The van der Waals surface area contributed by atoms with Crippen molar-refractivity contribution in [2.24, 2.45) is 7.05 Å². The second-order valence-corrected chi connectivity index (χ2v) is 9.02. The number of carbonyl (C=O) groups is 1. The van der Waals surface area contributed by atoms with Crippen molar-refractivity contribution >= 4 is 15.9 Å². The molecule has 1 atom stereocenters. The predicted molar refractivity (Wildman–Crippen MR) is 119 cm³/mol. The maximum atomic E-state index is 12.8. The predicted octanol–water partition coefficient (Wildman–Crippen LogP) is 2.41. The van der Waals surface area contributed by atoms with Gasteiger partial charge in [-0.2, -0.15) is 0 Å². The van der Waals surface area contributed by atoms with Gasteiger partial charge in [0.1, 0.15) is 17.2 Å². The van der Waals surface area contributed by atoms with Crippen LogP contribution in [0, 0.1) is 0 Å². The van der Waals surface area contributed by atoms with Gasteiger partial charge in [-0.3, -0.25) is 9.78 Å². The molecule has 2 aromatic heterocycles. The second kappa shape index (κ2) is 9.84. The number of aromatic nitrogens is 2. The third kappa shape index (κ3) is 5.27. The van der Waals surface area contributed by atoms with E-state index in [0.717, 1.165) is 11.1 Å². The SMILES string of the molecule is CNS(=O)(=O)c1cc(C(=O)NC(C)c2ccc(OCc3ccncc3)c(OC)c2)n(C)c1. The highest BCUT2D eigenvalue weighted by Crippen LogP contribution is 2.31. The monoisotopic (exact) mass is 458 g/mol. The molecule has 32 heavy (non-hydrogen) atoms. The number of nitrogens with one attached hydrogen (secondary N) is 2. The quantitative estimate of drug-likeness (QED) is 0.509. The van der Waals surface area contributed by atoms with Crippen molar-refractivity contribution in [2.75, 3.05) is 14.2 Å². The van der Waals surface area contributed by atoms with E-state index in [-0.39, 0.29) is 16.6 Å². The number of aryl methyl sites for hydroxylation is 1. The highest BCUT2D eigenvalue weighted by Gasteiger charge is 2.21.